The lowest BCUT2D eigenvalue weighted by Gasteiger charge is -2.32. The lowest BCUT2D eigenvalue weighted by Crippen LogP contribution is -2.46. The van der Waals surface area contributed by atoms with E-state index in [0.29, 0.717) is 30.0 Å². The van der Waals surface area contributed by atoms with E-state index < -0.39 is 12.1 Å². The summed E-state index contributed by atoms with van der Waals surface area (Å²) < 4.78 is 37.0. The van der Waals surface area contributed by atoms with E-state index in [2.05, 4.69) is 5.32 Å². The van der Waals surface area contributed by atoms with Gasteiger partial charge in [0.2, 0.25) is 0 Å². The summed E-state index contributed by atoms with van der Waals surface area (Å²) in [7, 11) is 0. The van der Waals surface area contributed by atoms with Gasteiger partial charge in [0.25, 0.3) is 5.91 Å². The Hall–Kier alpha value is -1.76. The Bertz CT molecular complexity index is 567. The highest BCUT2D eigenvalue weighted by Gasteiger charge is 2.43. The van der Waals surface area contributed by atoms with Crippen molar-refractivity contribution in [1.29, 1.82) is 0 Å². The number of benzene rings is 1. The number of hydrogen-bond donors (Lipinski definition) is 1. The molecule has 0 aliphatic carbocycles. The predicted octanol–water partition coefficient (Wildman–Crippen LogP) is 2.87. The monoisotopic (exact) mass is 348 g/mol. The highest BCUT2D eigenvalue weighted by molar-refractivity contribution is 6.30. The van der Waals surface area contributed by atoms with Crippen LogP contribution in [0.15, 0.2) is 24.3 Å². The molecule has 1 N–H and O–H groups in total. The number of alkyl halides is 3. The Morgan fingerprint density at radius 1 is 1.17 bits per heavy atom. The SMILES string of the molecule is O=C(NCC1CCN(C(=O)C(F)(F)F)CC1)c1ccc(Cl)cc1. The summed E-state index contributed by atoms with van der Waals surface area (Å²) in [5, 5.41) is 3.29. The fourth-order valence-electron chi connectivity index (χ4n) is 2.46. The molecule has 8 heteroatoms. The van der Waals surface area contributed by atoms with Crippen molar-refractivity contribution in [1.82, 2.24) is 10.2 Å². The first-order valence-corrected chi connectivity index (χ1v) is 7.55. The van der Waals surface area contributed by atoms with Crippen molar-refractivity contribution in [3.8, 4) is 0 Å². The molecule has 0 spiro atoms. The zero-order chi connectivity index (χ0) is 17.0. The molecule has 2 rings (SSSR count). The molecular formula is C15H16ClF3N2O2. The van der Waals surface area contributed by atoms with Gasteiger partial charge in [0.15, 0.2) is 0 Å². The van der Waals surface area contributed by atoms with Crippen LogP contribution in [0.5, 0.6) is 0 Å². The number of likely N-dealkylation sites (tertiary alicyclic amines) is 1. The fraction of sp³-hybridized carbons (Fsp3) is 0.467. The topological polar surface area (TPSA) is 49.4 Å². The van der Waals surface area contributed by atoms with Crippen LogP contribution in [0.25, 0.3) is 0 Å². The molecule has 0 bridgehead atoms. The molecule has 1 fully saturated rings. The van der Waals surface area contributed by atoms with E-state index in [-0.39, 0.29) is 24.9 Å². The van der Waals surface area contributed by atoms with E-state index in [0.717, 1.165) is 4.90 Å². The molecule has 1 aliphatic heterocycles. The lowest BCUT2D eigenvalue weighted by molar-refractivity contribution is -0.186. The minimum Gasteiger partial charge on any atom is -0.352 e. The maximum atomic E-state index is 12.3. The zero-order valence-corrected chi connectivity index (χ0v) is 13.0. The van der Waals surface area contributed by atoms with Gasteiger partial charge in [-0.2, -0.15) is 13.2 Å². The molecule has 126 valence electrons. The lowest BCUT2D eigenvalue weighted by atomic mass is 9.96. The van der Waals surface area contributed by atoms with E-state index in [4.69, 9.17) is 11.6 Å². The summed E-state index contributed by atoms with van der Waals surface area (Å²) in [6, 6.07) is 6.42. The Kier molecular flexibility index (Phi) is 5.51. The second kappa shape index (κ2) is 7.21. The Balaban J connectivity index is 1.77. The average molecular weight is 349 g/mol. The number of rotatable bonds is 3. The molecule has 1 aromatic carbocycles. The first kappa shape index (κ1) is 17.6. The van der Waals surface area contributed by atoms with Crippen LogP contribution in [0.3, 0.4) is 0 Å². The second-order valence-corrected chi connectivity index (χ2v) is 5.89. The Labute approximate surface area is 136 Å². The number of carbonyl (C=O) groups is 2. The minimum absolute atomic E-state index is 0.0554. The first-order chi connectivity index (χ1) is 10.8. The fourth-order valence-corrected chi connectivity index (χ4v) is 2.59. The first-order valence-electron chi connectivity index (χ1n) is 7.17. The van der Waals surface area contributed by atoms with Gasteiger partial charge in [-0.3, -0.25) is 9.59 Å². The molecule has 0 aromatic heterocycles. The summed E-state index contributed by atoms with van der Waals surface area (Å²) in [4.78, 5) is 23.9. The number of amides is 2. The van der Waals surface area contributed by atoms with Gasteiger partial charge < -0.3 is 10.2 Å². The van der Waals surface area contributed by atoms with Gasteiger partial charge in [-0.25, -0.2) is 0 Å². The van der Waals surface area contributed by atoms with E-state index >= 15 is 0 Å². The summed E-state index contributed by atoms with van der Waals surface area (Å²) in [5.41, 5.74) is 0.471. The third-order valence-electron chi connectivity index (χ3n) is 3.80. The van der Waals surface area contributed by atoms with Crippen LogP contribution in [-0.2, 0) is 4.79 Å². The second-order valence-electron chi connectivity index (χ2n) is 5.45. The van der Waals surface area contributed by atoms with Gasteiger partial charge in [0, 0.05) is 30.2 Å². The van der Waals surface area contributed by atoms with Gasteiger partial charge >= 0.3 is 12.1 Å². The number of piperidine rings is 1. The van der Waals surface area contributed by atoms with Crippen LogP contribution in [0.4, 0.5) is 13.2 Å². The van der Waals surface area contributed by atoms with Crippen LogP contribution >= 0.6 is 11.6 Å². The van der Waals surface area contributed by atoms with Crippen LogP contribution < -0.4 is 5.32 Å². The van der Waals surface area contributed by atoms with Crippen molar-refractivity contribution in [2.75, 3.05) is 19.6 Å². The maximum absolute atomic E-state index is 12.3. The van der Waals surface area contributed by atoms with Gasteiger partial charge in [-0.1, -0.05) is 11.6 Å². The van der Waals surface area contributed by atoms with Gasteiger partial charge in [-0.15, -0.1) is 0 Å². The number of nitrogens with zero attached hydrogens (tertiary/aromatic N) is 1. The average Bonchev–Trinajstić information content (AvgIpc) is 2.52. The number of hydrogen-bond acceptors (Lipinski definition) is 2. The molecule has 1 saturated heterocycles. The Morgan fingerprint density at radius 2 is 1.74 bits per heavy atom. The molecular weight excluding hydrogens is 333 g/mol. The highest BCUT2D eigenvalue weighted by Crippen LogP contribution is 2.23. The van der Waals surface area contributed by atoms with Gasteiger partial charge in [0.1, 0.15) is 0 Å². The van der Waals surface area contributed by atoms with Crippen molar-refractivity contribution in [3.05, 3.63) is 34.9 Å². The summed E-state index contributed by atoms with van der Waals surface area (Å²) in [6.45, 7) is 0.481. The van der Waals surface area contributed by atoms with Gasteiger partial charge in [0.05, 0.1) is 0 Å². The van der Waals surface area contributed by atoms with Gasteiger partial charge in [-0.05, 0) is 43.0 Å². The van der Waals surface area contributed by atoms with Crippen molar-refractivity contribution < 1.29 is 22.8 Å². The molecule has 0 radical (unpaired) electrons. The van der Waals surface area contributed by atoms with Crippen LogP contribution in [0, 0.1) is 5.92 Å². The summed E-state index contributed by atoms with van der Waals surface area (Å²) in [6.07, 6.45) is -3.96. The van der Waals surface area contributed by atoms with E-state index in [1.807, 2.05) is 0 Å². The molecule has 1 aliphatic rings. The number of nitrogens with one attached hydrogen (secondary N) is 1. The molecule has 1 aromatic rings. The molecule has 23 heavy (non-hydrogen) atoms. The van der Waals surface area contributed by atoms with Crippen molar-refractivity contribution in [2.45, 2.75) is 19.0 Å². The Morgan fingerprint density at radius 3 is 2.26 bits per heavy atom. The van der Waals surface area contributed by atoms with Crippen LogP contribution in [0.2, 0.25) is 5.02 Å². The van der Waals surface area contributed by atoms with Crippen molar-refractivity contribution in [3.63, 3.8) is 0 Å². The largest absolute Gasteiger partial charge is 0.471 e. The third-order valence-corrected chi connectivity index (χ3v) is 4.05. The van der Waals surface area contributed by atoms with Crippen molar-refractivity contribution >= 4 is 23.4 Å². The molecule has 4 nitrogen and oxygen atoms in total. The number of halogens is 4. The summed E-state index contributed by atoms with van der Waals surface area (Å²) in [5.74, 6) is -1.99. The predicted molar refractivity (Wildman–Crippen MR) is 79.1 cm³/mol. The highest BCUT2D eigenvalue weighted by atomic mass is 35.5. The third kappa shape index (κ3) is 4.86. The molecule has 0 saturated carbocycles. The smallest absolute Gasteiger partial charge is 0.352 e. The van der Waals surface area contributed by atoms with Crippen LogP contribution in [-0.4, -0.2) is 42.5 Å². The molecule has 0 atom stereocenters. The molecule has 2 amide bonds. The van der Waals surface area contributed by atoms with Crippen LogP contribution in [0.1, 0.15) is 23.2 Å². The zero-order valence-electron chi connectivity index (χ0n) is 12.2. The summed E-state index contributed by atoms with van der Waals surface area (Å²) >= 11 is 5.74. The normalized spacial score (nSPS) is 16.3. The van der Waals surface area contributed by atoms with Crippen molar-refractivity contribution in [2.24, 2.45) is 5.92 Å². The van der Waals surface area contributed by atoms with E-state index in [1.54, 1.807) is 24.3 Å². The molecule has 1 heterocycles. The minimum atomic E-state index is -4.82. The quantitative estimate of drug-likeness (QED) is 0.913. The standard InChI is InChI=1S/C15H16ClF3N2O2/c16-12-3-1-11(2-4-12)13(22)20-9-10-5-7-21(8-6-10)14(23)15(17,18)19/h1-4,10H,5-9H2,(H,20,22). The maximum Gasteiger partial charge on any atom is 0.471 e. The van der Waals surface area contributed by atoms with E-state index in [1.165, 1.54) is 0 Å². The number of carbonyl (C=O) groups excluding carboxylic acids is 2. The molecule has 0 unspecified atom stereocenters. The van der Waals surface area contributed by atoms with E-state index in [9.17, 15) is 22.8 Å².